The van der Waals surface area contributed by atoms with E-state index >= 15 is 0 Å². The molecule has 2 aliphatic rings. The maximum Gasteiger partial charge on any atom is 0.102 e. The van der Waals surface area contributed by atoms with Crippen LogP contribution in [0, 0.1) is 30.6 Å². The number of alkyl halides is 2. The summed E-state index contributed by atoms with van der Waals surface area (Å²) in [6.07, 6.45) is 14.8. The first-order valence-electron chi connectivity index (χ1n) is 11.8. The van der Waals surface area contributed by atoms with Crippen LogP contribution in [0.4, 0.5) is 8.78 Å². The van der Waals surface area contributed by atoms with Gasteiger partial charge in [-0.1, -0.05) is 60.4 Å². The van der Waals surface area contributed by atoms with Crippen LogP contribution >= 0.6 is 0 Å². The van der Waals surface area contributed by atoms with E-state index in [1.165, 1.54) is 22.3 Å². The molecule has 0 fully saturated rings. The van der Waals surface area contributed by atoms with Crippen molar-refractivity contribution in [3.05, 3.63) is 70.8 Å². The average molecular weight is 449 g/mol. The SMILES string of the molecule is C#CCN.C#CCN(CCF)C1(C2CCc3ccccc32)c2ccccc2CCC1CCF. The minimum absolute atomic E-state index is 0.110. The van der Waals surface area contributed by atoms with Gasteiger partial charge >= 0.3 is 0 Å². The Morgan fingerprint density at radius 3 is 2.27 bits per heavy atom. The van der Waals surface area contributed by atoms with Gasteiger partial charge in [0.25, 0.3) is 0 Å². The highest BCUT2D eigenvalue weighted by atomic mass is 19.1. The van der Waals surface area contributed by atoms with Gasteiger partial charge in [0.2, 0.25) is 0 Å². The molecule has 2 aliphatic carbocycles. The van der Waals surface area contributed by atoms with E-state index in [0.717, 1.165) is 25.7 Å². The second-order valence-electron chi connectivity index (χ2n) is 8.71. The summed E-state index contributed by atoms with van der Waals surface area (Å²) < 4.78 is 27.6. The van der Waals surface area contributed by atoms with Gasteiger partial charge in [-0.25, -0.2) is 4.39 Å². The van der Waals surface area contributed by atoms with E-state index in [0.29, 0.717) is 19.5 Å². The fourth-order valence-corrected chi connectivity index (χ4v) is 6.14. The third kappa shape index (κ3) is 4.84. The molecule has 0 heterocycles. The van der Waals surface area contributed by atoms with Crippen LogP contribution in [0.3, 0.4) is 0 Å². The number of hydrogen-bond acceptors (Lipinski definition) is 2. The first-order valence-corrected chi connectivity index (χ1v) is 11.8. The van der Waals surface area contributed by atoms with Crippen molar-refractivity contribution in [2.24, 2.45) is 11.7 Å². The smallest absolute Gasteiger partial charge is 0.102 e. The Bertz CT molecular complexity index is 990. The lowest BCUT2D eigenvalue weighted by Crippen LogP contribution is -2.57. The Morgan fingerprint density at radius 2 is 1.61 bits per heavy atom. The Hall–Kier alpha value is -2.66. The third-order valence-electron chi connectivity index (χ3n) is 7.23. The molecule has 0 radical (unpaired) electrons. The van der Waals surface area contributed by atoms with Gasteiger partial charge < -0.3 is 5.73 Å². The Labute approximate surface area is 197 Å². The molecule has 3 unspecified atom stereocenters. The summed E-state index contributed by atoms with van der Waals surface area (Å²) in [4.78, 5) is 2.16. The standard InChI is InChI=1S/C26H29F2N.C3H5N/c1-2-18-29(19-17-28)26(25-14-12-20-7-3-5-9-23(20)25)22(15-16-27)13-11-21-8-4-6-10-24(21)26;1-2-3-4/h1,3-10,22,25H,11-19H2;1H,3-4H2. The number of benzene rings is 2. The van der Waals surface area contributed by atoms with E-state index in [4.69, 9.17) is 12.2 Å². The van der Waals surface area contributed by atoms with E-state index in [1.807, 2.05) is 0 Å². The zero-order chi connectivity index (χ0) is 23.7. The van der Waals surface area contributed by atoms with Gasteiger partial charge in [-0.3, -0.25) is 9.29 Å². The van der Waals surface area contributed by atoms with Gasteiger partial charge in [0.15, 0.2) is 0 Å². The van der Waals surface area contributed by atoms with Crippen molar-refractivity contribution in [1.82, 2.24) is 4.90 Å². The zero-order valence-corrected chi connectivity index (χ0v) is 19.3. The highest BCUT2D eigenvalue weighted by Gasteiger charge is 2.54. The molecule has 2 N–H and O–H groups in total. The predicted molar refractivity (Wildman–Crippen MR) is 132 cm³/mol. The maximum absolute atomic E-state index is 13.8. The lowest BCUT2D eigenvalue weighted by molar-refractivity contribution is -0.00982. The number of nitrogens with zero attached hydrogens (tertiary/aromatic N) is 1. The summed E-state index contributed by atoms with van der Waals surface area (Å²) in [5.41, 5.74) is 9.54. The fraction of sp³-hybridized carbons (Fsp3) is 0.448. The van der Waals surface area contributed by atoms with Gasteiger partial charge in [0, 0.05) is 12.5 Å². The van der Waals surface area contributed by atoms with Crippen LogP contribution in [0.2, 0.25) is 0 Å². The lowest BCUT2D eigenvalue weighted by atomic mass is 9.59. The highest BCUT2D eigenvalue weighted by Crippen LogP contribution is 2.57. The number of terminal acetylenes is 2. The van der Waals surface area contributed by atoms with Crippen LogP contribution in [0.1, 0.15) is 47.4 Å². The van der Waals surface area contributed by atoms with Crippen molar-refractivity contribution in [3.63, 3.8) is 0 Å². The molecule has 0 spiro atoms. The van der Waals surface area contributed by atoms with E-state index in [-0.39, 0.29) is 25.1 Å². The summed E-state index contributed by atoms with van der Waals surface area (Å²) in [6, 6.07) is 17.1. The van der Waals surface area contributed by atoms with Crippen LogP contribution in [0.25, 0.3) is 0 Å². The molecule has 174 valence electrons. The molecule has 0 aliphatic heterocycles. The van der Waals surface area contributed by atoms with Crippen LogP contribution in [-0.4, -0.2) is 37.9 Å². The molecule has 3 atom stereocenters. The largest absolute Gasteiger partial charge is 0.320 e. The van der Waals surface area contributed by atoms with E-state index in [9.17, 15) is 8.78 Å². The van der Waals surface area contributed by atoms with Crippen LogP contribution in [-0.2, 0) is 18.4 Å². The Morgan fingerprint density at radius 1 is 0.939 bits per heavy atom. The predicted octanol–water partition coefficient (Wildman–Crippen LogP) is 5.02. The van der Waals surface area contributed by atoms with Crippen LogP contribution in [0.5, 0.6) is 0 Å². The van der Waals surface area contributed by atoms with Gasteiger partial charge in [0.1, 0.15) is 6.67 Å². The second-order valence-corrected chi connectivity index (χ2v) is 8.71. The lowest BCUT2D eigenvalue weighted by Gasteiger charge is -2.55. The molecule has 0 bridgehead atoms. The molecular weight excluding hydrogens is 414 g/mol. The zero-order valence-electron chi connectivity index (χ0n) is 19.3. The third-order valence-corrected chi connectivity index (χ3v) is 7.23. The molecule has 0 amide bonds. The molecule has 0 saturated heterocycles. The molecule has 4 rings (SSSR count). The molecule has 0 aromatic heterocycles. The number of rotatable bonds is 7. The molecule has 33 heavy (non-hydrogen) atoms. The average Bonchev–Trinajstić information content (AvgIpc) is 3.29. The monoisotopic (exact) mass is 448 g/mol. The van der Waals surface area contributed by atoms with Crippen molar-refractivity contribution < 1.29 is 8.78 Å². The summed E-state index contributed by atoms with van der Waals surface area (Å²) >= 11 is 0. The van der Waals surface area contributed by atoms with Crippen molar-refractivity contribution in [3.8, 4) is 24.7 Å². The van der Waals surface area contributed by atoms with E-state index < -0.39 is 12.2 Å². The van der Waals surface area contributed by atoms with Crippen LogP contribution in [0.15, 0.2) is 48.5 Å². The molecule has 4 heteroatoms. The Kier molecular flexibility index (Phi) is 9.07. The quantitative estimate of drug-likeness (QED) is 0.603. The summed E-state index contributed by atoms with van der Waals surface area (Å²) in [5.74, 6) is 5.29. The molecule has 0 saturated carbocycles. The normalized spacial score (nSPS) is 23.0. The number of nitrogens with two attached hydrogens (primary N) is 1. The molecule has 2 aromatic rings. The first kappa shape index (κ1) is 25.0. The number of halogens is 2. The summed E-state index contributed by atoms with van der Waals surface area (Å²) in [6.45, 7) is 0.185. The molecule has 2 aromatic carbocycles. The van der Waals surface area contributed by atoms with Gasteiger partial charge in [-0.2, -0.15) is 0 Å². The number of fused-ring (bicyclic) bond motifs is 2. The van der Waals surface area contributed by atoms with Gasteiger partial charge in [-0.05, 0) is 60.3 Å². The topological polar surface area (TPSA) is 29.3 Å². The Balaban J connectivity index is 0.000000709. The minimum Gasteiger partial charge on any atom is -0.320 e. The van der Waals surface area contributed by atoms with E-state index in [1.54, 1.807) is 0 Å². The number of aryl methyl sites for hydroxylation is 2. The van der Waals surface area contributed by atoms with Crippen molar-refractivity contribution >= 4 is 0 Å². The summed E-state index contributed by atoms with van der Waals surface area (Å²) in [7, 11) is 0. The van der Waals surface area contributed by atoms with Gasteiger partial charge in [0.05, 0.1) is 25.3 Å². The minimum atomic E-state index is -0.466. The van der Waals surface area contributed by atoms with E-state index in [2.05, 4.69) is 71.7 Å². The first-order chi connectivity index (χ1) is 16.2. The molecular formula is C29H34F2N2. The highest BCUT2D eigenvalue weighted by molar-refractivity contribution is 5.46. The fourth-order valence-electron chi connectivity index (χ4n) is 6.14. The van der Waals surface area contributed by atoms with Crippen LogP contribution < -0.4 is 5.73 Å². The van der Waals surface area contributed by atoms with Gasteiger partial charge in [-0.15, -0.1) is 12.8 Å². The van der Waals surface area contributed by atoms with Crippen molar-refractivity contribution in [2.45, 2.75) is 43.6 Å². The maximum atomic E-state index is 13.8. The van der Waals surface area contributed by atoms with Crippen molar-refractivity contribution in [2.75, 3.05) is 33.0 Å². The second kappa shape index (κ2) is 12.0. The van der Waals surface area contributed by atoms with Crippen molar-refractivity contribution in [1.29, 1.82) is 0 Å². The summed E-state index contributed by atoms with van der Waals surface area (Å²) in [5, 5.41) is 0. The molecule has 2 nitrogen and oxygen atoms in total. The number of hydrogen-bond donors (Lipinski definition) is 1.